The molecule has 1 aliphatic carbocycles. The van der Waals surface area contributed by atoms with Crippen molar-refractivity contribution in [2.75, 3.05) is 6.54 Å². The van der Waals surface area contributed by atoms with Crippen molar-refractivity contribution in [3.05, 3.63) is 70.2 Å². The highest BCUT2D eigenvalue weighted by molar-refractivity contribution is 6.30. The summed E-state index contributed by atoms with van der Waals surface area (Å²) in [7, 11) is 0. The Morgan fingerprint density at radius 2 is 1.88 bits per heavy atom. The molecule has 0 aromatic heterocycles. The van der Waals surface area contributed by atoms with Crippen molar-refractivity contribution in [1.29, 1.82) is 0 Å². The maximum absolute atomic E-state index is 12.4. The topological polar surface area (TPSA) is 72.6 Å². The summed E-state index contributed by atoms with van der Waals surface area (Å²) in [5.74, 6) is -0.0350. The van der Waals surface area contributed by atoms with E-state index in [4.69, 9.17) is 22.1 Å². The number of nitrogens with zero attached hydrogens (tertiary/aromatic N) is 1. The van der Waals surface area contributed by atoms with Crippen LogP contribution in [0.3, 0.4) is 0 Å². The molecule has 2 aromatic carbocycles. The third-order valence-corrected chi connectivity index (χ3v) is 5.18. The quantitative estimate of drug-likeness (QED) is 0.873. The minimum Gasteiger partial charge on any atom is -0.434 e. The molecule has 26 heavy (non-hydrogen) atoms. The van der Waals surface area contributed by atoms with Gasteiger partial charge in [0.05, 0.1) is 12.6 Å². The lowest BCUT2D eigenvalue weighted by atomic mass is 9.94. The van der Waals surface area contributed by atoms with Gasteiger partial charge in [-0.15, -0.1) is 0 Å². The number of rotatable bonds is 5. The van der Waals surface area contributed by atoms with Gasteiger partial charge in [-0.05, 0) is 47.6 Å². The standard InChI is InChI=1S/C20H19ClN2O3/c21-16-8-6-13(7-9-16)18(23-11-17(19(22)24)26-20(23)25)15-3-1-2-14(10-15)12-4-5-12/h1-3,6-10,12,17-18H,4-5,11H2,(H2,22,24)/t17?,18-/m1/s1. The van der Waals surface area contributed by atoms with Crippen LogP contribution < -0.4 is 5.73 Å². The van der Waals surface area contributed by atoms with E-state index in [2.05, 4.69) is 12.1 Å². The molecular formula is C20H19ClN2O3. The molecule has 0 bridgehead atoms. The smallest absolute Gasteiger partial charge is 0.411 e. The maximum Gasteiger partial charge on any atom is 0.411 e. The van der Waals surface area contributed by atoms with Gasteiger partial charge in [-0.25, -0.2) is 4.79 Å². The van der Waals surface area contributed by atoms with E-state index in [0.717, 1.165) is 11.1 Å². The van der Waals surface area contributed by atoms with Gasteiger partial charge in [-0.3, -0.25) is 9.69 Å². The zero-order valence-electron chi connectivity index (χ0n) is 14.1. The first-order valence-corrected chi connectivity index (χ1v) is 9.02. The molecule has 1 unspecified atom stereocenters. The van der Waals surface area contributed by atoms with E-state index < -0.39 is 18.1 Å². The Morgan fingerprint density at radius 3 is 2.50 bits per heavy atom. The third kappa shape index (κ3) is 3.27. The van der Waals surface area contributed by atoms with Crippen LogP contribution in [0.4, 0.5) is 4.79 Å². The molecule has 2 amide bonds. The van der Waals surface area contributed by atoms with E-state index in [9.17, 15) is 9.59 Å². The van der Waals surface area contributed by atoms with Crippen molar-refractivity contribution in [2.45, 2.75) is 30.9 Å². The van der Waals surface area contributed by atoms with Crippen LogP contribution in [0.5, 0.6) is 0 Å². The molecule has 4 rings (SSSR count). The average molecular weight is 371 g/mol. The Hall–Kier alpha value is -2.53. The summed E-state index contributed by atoms with van der Waals surface area (Å²) >= 11 is 6.02. The molecule has 1 aliphatic heterocycles. The SMILES string of the molecule is NC(=O)C1CN([C@H](c2ccc(Cl)cc2)c2cccc(C3CC3)c2)C(=O)O1. The fourth-order valence-corrected chi connectivity index (χ4v) is 3.56. The van der Waals surface area contributed by atoms with Crippen LogP contribution in [0.25, 0.3) is 0 Å². The van der Waals surface area contributed by atoms with Gasteiger partial charge in [0.1, 0.15) is 0 Å². The molecule has 2 aliphatic rings. The molecule has 0 radical (unpaired) electrons. The van der Waals surface area contributed by atoms with E-state index in [0.29, 0.717) is 10.9 Å². The predicted octanol–water partition coefficient (Wildman–Crippen LogP) is 3.61. The summed E-state index contributed by atoms with van der Waals surface area (Å²) in [6, 6.07) is 15.3. The number of hydrogen-bond acceptors (Lipinski definition) is 3. The van der Waals surface area contributed by atoms with Crippen molar-refractivity contribution in [3.8, 4) is 0 Å². The maximum atomic E-state index is 12.4. The van der Waals surface area contributed by atoms with Crippen LogP contribution in [0.2, 0.25) is 5.02 Å². The van der Waals surface area contributed by atoms with Gasteiger partial charge in [0.15, 0.2) is 6.10 Å². The third-order valence-electron chi connectivity index (χ3n) is 4.93. The number of amides is 2. The van der Waals surface area contributed by atoms with Gasteiger partial charge in [0, 0.05) is 5.02 Å². The normalized spacial score (nSPS) is 20.7. The van der Waals surface area contributed by atoms with Crippen molar-refractivity contribution < 1.29 is 14.3 Å². The summed E-state index contributed by atoms with van der Waals surface area (Å²) in [5.41, 5.74) is 8.50. The number of carbonyl (C=O) groups excluding carboxylic acids is 2. The van der Waals surface area contributed by atoms with E-state index in [-0.39, 0.29) is 12.6 Å². The van der Waals surface area contributed by atoms with Gasteiger partial charge >= 0.3 is 6.09 Å². The molecule has 5 nitrogen and oxygen atoms in total. The fraction of sp³-hybridized carbons (Fsp3) is 0.300. The molecule has 2 N–H and O–H groups in total. The van der Waals surface area contributed by atoms with Gasteiger partial charge in [0.25, 0.3) is 5.91 Å². The number of hydrogen-bond donors (Lipinski definition) is 1. The average Bonchev–Trinajstić information content (AvgIpc) is 3.41. The summed E-state index contributed by atoms with van der Waals surface area (Å²) in [4.78, 5) is 25.5. The van der Waals surface area contributed by atoms with E-state index in [1.165, 1.54) is 18.4 Å². The zero-order chi connectivity index (χ0) is 18.3. The van der Waals surface area contributed by atoms with Crippen LogP contribution in [-0.2, 0) is 9.53 Å². The highest BCUT2D eigenvalue weighted by Gasteiger charge is 2.40. The number of carbonyl (C=O) groups is 2. The highest BCUT2D eigenvalue weighted by atomic mass is 35.5. The first-order valence-electron chi connectivity index (χ1n) is 8.65. The second kappa shape index (κ2) is 6.65. The largest absolute Gasteiger partial charge is 0.434 e. The predicted molar refractivity (Wildman–Crippen MR) is 97.9 cm³/mol. The zero-order valence-corrected chi connectivity index (χ0v) is 14.9. The van der Waals surface area contributed by atoms with Gasteiger partial charge < -0.3 is 10.5 Å². The van der Waals surface area contributed by atoms with Crippen LogP contribution in [0.15, 0.2) is 48.5 Å². The van der Waals surface area contributed by atoms with E-state index >= 15 is 0 Å². The van der Waals surface area contributed by atoms with Crippen molar-refractivity contribution >= 4 is 23.6 Å². The Morgan fingerprint density at radius 1 is 1.15 bits per heavy atom. The van der Waals surface area contributed by atoms with Crippen molar-refractivity contribution in [2.24, 2.45) is 5.73 Å². The summed E-state index contributed by atoms with van der Waals surface area (Å²) < 4.78 is 5.16. The van der Waals surface area contributed by atoms with Crippen LogP contribution in [0, 0.1) is 0 Å². The number of benzene rings is 2. The Balaban J connectivity index is 1.74. The summed E-state index contributed by atoms with van der Waals surface area (Å²) in [6.45, 7) is 0.134. The lowest BCUT2D eigenvalue weighted by Gasteiger charge is -2.27. The molecule has 134 valence electrons. The lowest BCUT2D eigenvalue weighted by Crippen LogP contribution is -2.34. The van der Waals surface area contributed by atoms with Crippen LogP contribution in [-0.4, -0.2) is 29.5 Å². The van der Waals surface area contributed by atoms with Gasteiger partial charge in [-0.1, -0.05) is 48.0 Å². The Kier molecular flexibility index (Phi) is 4.32. The van der Waals surface area contributed by atoms with Crippen molar-refractivity contribution in [3.63, 3.8) is 0 Å². The Bertz CT molecular complexity index is 848. The lowest BCUT2D eigenvalue weighted by molar-refractivity contribution is -0.124. The number of halogens is 1. The molecular weight excluding hydrogens is 352 g/mol. The molecule has 2 fully saturated rings. The number of ether oxygens (including phenoxy) is 1. The second-order valence-electron chi connectivity index (χ2n) is 6.83. The molecule has 2 aromatic rings. The molecule has 1 heterocycles. The van der Waals surface area contributed by atoms with Crippen LogP contribution in [0.1, 0.15) is 41.5 Å². The minimum absolute atomic E-state index is 0.134. The summed E-state index contributed by atoms with van der Waals surface area (Å²) in [6.07, 6.45) is 0.935. The van der Waals surface area contributed by atoms with Crippen molar-refractivity contribution in [1.82, 2.24) is 4.90 Å². The highest BCUT2D eigenvalue weighted by Crippen LogP contribution is 2.42. The monoisotopic (exact) mass is 370 g/mol. The van der Waals surface area contributed by atoms with Gasteiger partial charge in [-0.2, -0.15) is 0 Å². The molecule has 0 spiro atoms. The fourth-order valence-electron chi connectivity index (χ4n) is 3.44. The number of cyclic esters (lactones) is 1. The number of primary amides is 1. The van der Waals surface area contributed by atoms with Gasteiger partial charge in [0.2, 0.25) is 0 Å². The van der Waals surface area contributed by atoms with Crippen LogP contribution >= 0.6 is 11.6 Å². The first kappa shape index (κ1) is 16.9. The Labute approximate surface area is 156 Å². The minimum atomic E-state index is -0.927. The second-order valence-corrected chi connectivity index (χ2v) is 7.26. The molecule has 6 heteroatoms. The number of nitrogens with two attached hydrogens (primary N) is 1. The first-order chi connectivity index (χ1) is 12.5. The van der Waals surface area contributed by atoms with E-state index in [1.807, 2.05) is 24.3 Å². The molecule has 1 saturated heterocycles. The molecule has 1 saturated carbocycles. The molecule has 2 atom stereocenters. The summed E-state index contributed by atoms with van der Waals surface area (Å²) in [5, 5.41) is 0.623. The van der Waals surface area contributed by atoms with E-state index in [1.54, 1.807) is 17.0 Å².